The van der Waals surface area contributed by atoms with Crippen molar-refractivity contribution in [1.82, 2.24) is 9.66 Å². The van der Waals surface area contributed by atoms with E-state index in [9.17, 15) is 14.4 Å². The van der Waals surface area contributed by atoms with Gasteiger partial charge in [0.25, 0.3) is 5.56 Å². The molecule has 0 radical (unpaired) electrons. The summed E-state index contributed by atoms with van der Waals surface area (Å²) in [5.41, 5.74) is -0.253. The molecule has 9 heteroatoms. The molecule has 0 unspecified atom stereocenters. The number of aromatic amines is 1. The van der Waals surface area contributed by atoms with Crippen molar-refractivity contribution in [2.45, 2.75) is 0 Å². The fraction of sp³-hybridized carbons (Fsp3) is 0.111. The number of aromatic nitrogens is 2. The standard InChI is InChI=1S/C18H15N3O6/c1-26-15-8-11(6-7-14(15)27-10-16(22)23)9-19-21-17(24)12-4-2-3-5-13(12)20-18(21)25/h2-9H,10H2,1H3,(H,20,25)(H,22,23)/b19-9+. The van der Waals surface area contributed by atoms with Crippen molar-refractivity contribution in [3.8, 4) is 11.5 Å². The number of carboxylic acids is 1. The summed E-state index contributed by atoms with van der Waals surface area (Å²) in [6.45, 7) is -0.508. The molecule has 0 amide bonds. The molecule has 1 aromatic heterocycles. The second kappa shape index (κ2) is 7.56. The van der Waals surface area contributed by atoms with Crippen LogP contribution >= 0.6 is 0 Å². The Morgan fingerprint density at radius 2 is 2.00 bits per heavy atom. The summed E-state index contributed by atoms with van der Waals surface area (Å²) in [6, 6.07) is 11.3. The Kier molecular flexibility index (Phi) is 5.02. The zero-order chi connectivity index (χ0) is 19.4. The van der Waals surface area contributed by atoms with E-state index >= 15 is 0 Å². The molecule has 27 heavy (non-hydrogen) atoms. The maximum atomic E-state index is 12.4. The third-order valence-electron chi connectivity index (χ3n) is 3.64. The number of H-pyrrole nitrogens is 1. The van der Waals surface area contributed by atoms with Gasteiger partial charge in [0.2, 0.25) is 0 Å². The molecular weight excluding hydrogens is 354 g/mol. The fourth-order valence-electron chi connectivity index (χ4n) is 2.41. The van der Waals surface area contributed by atoms with Gasteiger partial charge in [-0.15, -0.1) is 4.68 Å². The minimum absolute atomic E-state index is 0.248. The molecule has 0 aliphatic rings. The number of fused-ring (bicyclic) bond motifs is 1. The van der Waals surface area contributed by atoms with Crippen LogP contribution in [0.5, 0.6) is 11.5 Å². The molecule has 9 nitrogen and oxygen atoms in total. The molecule has 3 aromatic rings. The number of hydrogen-bond acceptors (Lipinski definition) is 6. The van der Waals surface area contributed by atoms with Crippen LogP contribution in [0.1, 0.15) is 5.56 Å². The molecule has 138 valence electrons. The maximum Gasteiger partial charge on any atom is 0.349 e. The summed E-state index contributed by atoms with van der Waals surface area (Å²) in [6.07, 6.45) is 1.31. The highest BCUT2D eigenvalue weighted by atomic mass is 16.5. The Bertz CT molecular complexity index is 1150. The number of nitrogens with zero attached hydrogens (tertiary/aromatic N) is 2. The lowest BCUT2D eigenvalue weighted by Crippen LogP contribution is -2.32. The summed E-state index contributed by atoms with van der Waals surface area (Å²) in [7, 11) is 1.41. The second-order valence-corrected chi connectivity index (χ2v) is 5.43. The van der Waals surface area contributed by atoms with Gasteiger partial charge in [0.05, 0.1) is 24.2 Å². The molecule has 2 aromatic carbocycles. The van der Waals surface area contributed by atoms with Crippen LogP contribution in [0.2, 0.25) is 0 Å². The minimum Gasteiger partial charge on any atom is -0.493 e. The largest absolute Gasteiger partial charge is 0.493 e. The van der Waals surface area contributed by atoms with Gasteiger partial charge in [-0.3, -0.25) is 4.79 Å². The van der Waals surface area contributed by atoms with Crippen molar-refractivity contribution in [1.29, 1.82) is 0 Å². The van der Waals surface area contributed by atoms with Crippen molar-refractivity contribution in [2.24, 2.45) is 5.10 Å². The highest BCUT2D eigenvalue weighted by Gasteiger charge is 2.08. The van der Waals surface area contributed by atoms with Crippen LogP contribution in [0, 0.1) is 0 Å². The first-order chi connectivity index (χ1) is 13.0. The number of aliphatic carboxylic acids is 1. The molecule has 0 aliphatic heterocycles. The van der Waals surface area contributed by atoms with Gasteiger partial charge >= 0.3 is 11.7 Å². The van der Waals surface area contributed by atoms with Crippen LogP contribution in [-0.4, -0.2) is 40.7 Å². The van der Waals surface area contributed by atoms with E-state index in [2.05, 4.69) is 10.1 Å². The minimum atomic E-state index is -1.11. The van der Waals surface area contributed by atoms with E-state index in [0.717, 1.165) is 4.68 Å². The van der Waals surface area contributed by atoms with Crippen LogP contribution < -0.4 is 20.7 Å². The number of methoxy groups -OCH3 is 1. The van der Waals surface area contributed by atoms with Gasteiger partial charge in [0.15, 0.2) is 18.1 Å². The Balaban J connectivity index is 1.94. The monoisotopic (exact) mass is 369 g/mol. The Hall–Kier alpha value is -3.88. The predicted molar refractivity (Wildman–Crippen MR) is 97.9 cm³/mol. The van der Waals surface area contributed by atoms with Gasteiger partial charge < -0.3 is 19.6 Å². The molecule has 0 saturated carbocycles. The SMILES string of the molecule is COc1cc(/C=N/n2c(=O)[nH]c3ccccc3c2=O)ccc1OCC(=O)O. The van der Waals surface area contributed by atoms with Crippen LogP contribution in [0.3, 0.4) is 0 Å². The van der Waals surface area contributed by atoms with E-state index in [1.165, 1.54) is 19.4 Å². The van der Waals surface area contributed by atoms with Gasteiger partial charge in [-0.05, 0) is 35.9 Å². The van der Waals surface area contributed by atoms with Gasteiger partial charge in [0, 0.05) is 0 Å². The molecule has 0 atom stereocenters. The lowest BCUT2D eigenvalue weighted by molar-refractivity contribution is -0.139. The number of benzene rings is 2. The lowest BCUT2D eigenvalue weighted by Gasteiger charge is -2.09. The number of rotatable bonds is 6. The molecule has 3 rings (SSSR count). The second-order valence-electron chi connectivity index (χ2n) is 5.43. The van der Waals surface area contributed by atoms with E-state index in [4.69, 9.17) is 14.6 Å². The number of carboxylic acid groups (broad SMARTS) is 1. The van der Waals surface area contributed by atoms with Crippen LogP contribution in [0.15, 0.2) is 57.2 Å². The number of ether oxygens (including phenoxy) is 2. The zero-order valence-corrected chi connectivity index (χ0v) is 14.2. The zero-order valence-electron chi connectivity index (χ0n) is 14.2. The highest BCUT2D eigenvalue weighted by molar-refractivity contribution is 5.81. The summed E-state index contributed by atoms with van der Waals surface area (Å²) in [5.74, 6) is -0.574. The Morgan fingerprint density at radius 1 is 1.22 bits per heavy atom. The van der Waals surface area contributed by atoms with Crippen LogP contribution in [0.25, 0.3) is 10.9 Å². The summed E-state index contributed by atoms with van der Waals surface area (Å²) in [5, 5.41) is 13.0. The maximum absolute atomic E-state index is 12.4. The van der Waals surface area contributed by atoms with Gasteiger partial charge in [-0.1, -0.05) is 12.1 Å². The topological polar surface area (TPSA) is 123 Å². The first kappa shape index (κ1) is 17.9. The normalized spacial score (nSPS) is 11.0. The molecule has 0 saturated heterocycles. The van der Waals surface area contributed by atoms with Crippen molar-refractivity contribution in [3.05, 3.63) is 68.9 Å². The summed E-state index contributed by atoms with van der Waals surface area (Å²) >= 11 is 0. The smallest absolute Gasteiger partial charge is 0.349 e. The fourth-order valence-corrected chi connectivity index (χ4v) is 2.41. The number of para-hydroxylation sites is 1. The third kappa shape index (κ3) is 3.87. The van der Waals surface area contributed by atoms with E-state index < -0.39 is 23.8 Å². The molecular formula is C18H15N3O6. The van der Waals surface area contributed by atoms with Crippen molar-refractivity contribution >= 4 is 23.1 Å². The first-order valence-corrected chi connectivity index (χ1v) is 7.80. The van der Waals surface area contributed by atoms with Gasteiger partial charge in [0.1, 0.15) is 0 Å². The average Bonchev–Trinajstić information content (AvgIpc) is 2.66. The number of nitrogens with one attached hydrogen (secondary N) is 1. The van der Waals surface area contributed by atoms with Crippen molar-refractivity contribution < 1.29 is 19.4 Å². The summed E-state index contributed by atoms with van der Waals surface area (Å²) in [4.78, 5) is 37.7. The molecule has 0 fully saturated rings. The number of hydrogen-bond donors (Lipinski definition) is 2. The lowest BCUT2D eigenvalue weighted by atomic mass is 10.2. The van der Waals surface area contributed by atoms with Crippen LogP contribution in [0.4, 0.5) is 0 Å². The van der Waals surface area contributed by atoms with E-state index in [0.29, 0.717) is 22.2 Å². The van der Waals surface area contributed by atoms with Crippen molar-refractivity contribution in [3.63, 3.8) is 0 Å². The van der Waals surface area contributed by atoms with E-state index in [1.807, 2.05) is 0 Å². The van der Waals surface area contributed by atoms with E-state index in [-0.39, 0.29) is 5.75 Å². The molecule has 0 aliphatic carbocycles. The van der Waals surface area contributed by atoms with Gasteiger partial charge in [-0.25, -0.2) is 9.59 Å². The molecule has 1 heterocycles. The predicted octanol–water partition coefficient (Wildman–Crippen LogP) is 1.04. The molecule has 0 spiro atoms. The van der Waals surface area contributed by atoms with E-state index in [1.54, 1.807) is 36.4 Å². The first-order valence-electron chi connectivity index (χ1n) is 7.80. The quantitative estimate of drug-likeness (QED) is 0.626. The van der Waals surface area contributed by atoms with Crippen molar-refractivity contribution in [2.75, 3.05) is 13.7 Å². The molecule has 0 bridgehead atoms. The average molecular weight is 369 g/mol. The number of carbonyl (C=O) groups is 1. The molecule has 2 N–H and O–H groups in total. The Morgan fingerprint density at radius 3 is 2.74 bits per heavy atom. The van der Waals surface area contributed by atoms with Gasteiger partial charge in [-0.2, -0.15) is 5.10 Å². The highest BCUT2D eigenvalue weighted by Crippen LogP contribution is 2.27. The third-order valence-corrected chi connectivity index (χ3v) is 3.64. The Labute approximate surface area is 152 Å². The summed E-state index contributed by atoms with van der Waals surface area (Å²) < 4.78 is 11.0. The van der Waals surface area contributed by atoms with Crippen LogP contribution in [-0.2, 0) is 4.79 Å².